The molecule has 0 fully saturated rings. The van der Waals surface area contributed by atoms with Gasteiger partial charge < -0.3 is 15.2 Å². The Morgan fingerprint density at radius 1 is 1.17 bits per heavy atom. The van der Waals surface area contributed by atoms with Crippen LogP contribution in [0.3, 0.4) is 0 Å². The van der Waals surface area contributed by atoms with Gasteiger partial charge in [-0.2, -0.15) is 0 Å². The summed E-state index contributed by atoms with van der Waals surface area (Å²) in [4.78, 5) is 22.8. The van der Waals surface area contributed by atoms with Crippen LogP contribution in [0.15, 0.2) is 42.5 Å². The van der Waals surface area contributed by atoms with Gasteiger partial charge in [-0.1, -0.05) is 35.3 Å². The molecule has 1 atom stereocenters. The smallest absolute Gasteiger partial charge is 0.307 e. The van der Waals surface area contributed by atoms with Gasteiger partial charge in [0, 0.05) is 10.7 Å². The monoisotopic (exact) mass is 367 g/mol. The van der Waals surface area contributed by atoms with E-state index < -0.39 is 12.1 Å². The summed E-state index contributed by atoms with van der Waals surface area (Å²) < 4.78 is 5.53. The fourth-order valence-corrected chi connectivity index (χ4v) is 2.39. The van der Waals surface area contributed by atoms with E-state index in [-0.39, 0.29) is 12.3 Å². The van der Waals surface area contributed by atoms with Gasteiger partial charge in [0.15, 0.2) is 6.10 Å². The van der Waals surface area contributed by atoms with Crippen molar-refractivity contribution in [1.29, 1.82) is 0 Å². The van der Waals surface area contributed by atoms with Crippen molar-refractivity contribution in [2.24, 2.45) is 0 Å². The van der Waals surface area contributed by atoms with Crippen LogP contribution in [0.25, 0.3) is 0 Å². The third-order valence-corrected chi connectivity index (χ3v) is 3.67. The number of carboxylic acids is 1. The summed E-state index contributed by atoms with van der Waals surface area (Å²) in [5.74, 6) is -0.902. The Bertz CT molecular complexity index is 747. The van der Waals surface area contributed by atoms with Crippen LogP contribution in [0.5, 0.6) is 5.75 Å². The number of halogens is 2. The van der Waals surface area contributed by atoms with Crippen molar-refractivity contribution in [2.75, 3.05) is 5.32 Å². The Hall–Kier alpha value is -2.24. The number of hydrogen-bond acceptors (Lipinski definition) is 3. The molecule has 0 aliphatic carbocycles. The number of anilines is 1. The number of rotatable bonds is 6. The maximum atomic E-state index is 12.2. The van der Waals surface area contributed by atoms with Gasteiger partial charge in [-0.05, 0) is 42.8 Å². The molecule has 0 radical (unpaired) electrons. The van der Waals surface area contributed by atoms with Crippen LogP contribution in [-0.2, 0) is 16.0 Å². The number of ether oxygens (including phenoxy) is 1. The number of carbonyl (C=O) groups is 2. The average molecular weight is 368 g/mol. The molecule has 0 aliphatic rings. The van der Waals surface area contributed by atoms with Gasteiger partial charge in [-0.15, -0.1) is 0 Å². The van der Waals surface area contributed by atoms with Crippen LogP contribution in [0, 0.1) is 0 Å². The van der Waals surface area contributed by atoms with Gasteiger partial charge in [0.25, 0.3) is 5.91 Å². The fraction of sp³-hybridized carbons (Fsp3) is 0.176. The van der Waals surface area contributed by atoms with Crippen molar-refractivity contribution < 1.29 is 19.4 Å². The van der Waals surface area contributed by atoms with Crippen molar-refractivity contribution in [3.05, 3.63) is 58.1 Å². The van der Waals surface area contributed by atoms with Gasteiger partial charge in [0.05, 0.1) is 11.4 Å². The van der Waals surface area contributed by atoms with Crippen molar-refractivity contribution in [2.45, 2.75) is 19.4 Å². The molecule has 1 amide bonds. The van der Waals surface area contributed by atoms with Gasteiger partial charge in [0.1, 0.15) is 5.75 Å². The minimum absolute atomic E-state index is 0.0667. The number of carbonyl (C=O) groups excluding carboxylic acids is 1. The molecular formula is C17H15Cl2NO4. The molecule has 2 N–H and O–H groups in total. The SMILES string of the molecule is C[C@@H](Oc1ccc(Cl)cc1Cl)C(=O)Nc1ccc(CC(=O)O)cc1. The first-order chi connectivity index (χ1) is 11.3. The summed E-state index contributed by atoms with van der Waals surface area (Å²) in [6, 6.07) is 11.3. The van der Waals surface area contributed by atoms with Crippen LogP contribution >= 0.6 is 23.2 Å². The Labute approximate surface area is 149 Å². The first-order valence-corrected chi connectivity index (χ1v) is 7.84. The van der Waals surface area contributed by atoms with Crippen molar-refractivity contribution in [3.8, 4) is 5.75 Å². The highest BCUT2D eigenvalue weighted by molar-refractivity contribution is 6.35. The lowest BCUT2D eigenvalue weighted by Gasteiger charge is -2.16. The molecular weight excluding hydrogens is 353 g/mol. The van der Waals surface area contributed by atoms with Crippen molar-refractivity contribution >= 4 is 40.8 Å². The second kappa shape index (κ2) is 8.04. The van der Waals surface area contributed by atoms with Crippen LogP contribution in [0.2, 0.25) is 10.0 Å². The fourth-order valence-electron chi connectivity index (χ4n) is 1.94. The van der Waals surface area contributed by atoms with E-state index in [9.17, 15) is 9.59 Å². The lowest BCUT2D eigenvalue weighted by Crippen LogP contribution is -2.30. The second-order valence-corrected chi connectivity index (χ2v) is 5.94. The number of carboxylic acid groups (broad SMARTS) is 1. The highest BCUT2D eigenvalue weighted by Gasteiger charge is 2.16. The number of nitrogens with one attached hydrogen (secondary N) is 1. The highest BCUT2D eigenvalue weighted by atomic mass is 35.5. The largest absolute Gasteiger partial charge is 0.481 e. The molecule has 0 aliphatic heterocycles. The molecule has 2 aromatic carbocycles. The molecule has 0 spiro atoms. The summed E-state index contributed by atoms with van der Waals surface area (Å²) in [6.07, 6.45) is -0.842. The quantitative estimate of drug-likeness (QED) is 0.807. The third-order valence-electron chi connectivity index (χ3n) is 3.14. The summed E-state index contributed by atoms with van der Waals surface area (Å²) in [5.41, 5.74) is 1.20. The van der Waals surface area contributed by atoms with Crippen LogP contribution < -0.4 is 10.1 Å². The maximum absolute atomic E-state index is 12.2. The van der Waals surface area contributed by atoms with E-state index in [1.165, 1.54) is 6.07 Å². The van der Waals surface area contributed by atoms with E-state index in [4.69, 9.17) is 33.0 Å². The maximum Gasteiger partial charge on any atom is 0.307 e. The molecule has 7 heteroatoms. The summed E-state index contributed by atoms with van der Waals surface area (Å²) in [6.45, 7) is 1.60. The Morgan fingerprint density at radius 2 is 1.83 bits per heavy atom. The molecule has 2 rings (SSSR count). The average Bonchev–Trinajstić information content (AvgIpc) is 2.51. The standard InChI is InChI=1S/C17H15Cl2NO4/c1-10(24-15-7-4-12(18)9-14(15)19)17(23)20-13-5-2-11(3-6-13)8-16(21)22/h2-7,9-10H,8H2,1H3,(H,20,23)(H,21,22)/t10-/m1/s1. The van der Waals surface area contributed by atoms with Crippen LogP contribution in [0.1, 0.15) is 12.5 Å². The summed E-state index contributed by atoms with van der Waals surface area (Å²) >= 11 is 11.8. The van der Waals surface area contributed by atoms with Crippen LogP contribution in [-0.4, -0.2) is 23.1 Å². The number of benzene rings is 2. The summed E-state index contributed by atoms with van der Waals surface area (Å²) in [7, 11) is 0. The first kappa shape index (κ1) is 18.1. The van der Waals surface area contributed by atoms with Gasteiger partial charge in [-0.3, -0.25) is 9.59 Å². The van der Waals surface area contributed by atoms with Gasteiger partial charge in [0.2, 0.25) is 0 Å². The first-order valence-electron chi connectivity index (χ1n) is 7.08. The van der Waals surface area contributed by atoms with Gasteiger partial charge in [-0.25, -0.2) is 0 Å². The molecule has 0 aromatic heterocycles. The lowest BCUT2D eigenvalue weighted by molar-refractivity contribution is -0.136. The molecule has 2 aromatic rings. The van der Waals surface area contributed by atoms with E-state index in [0.717, 1.165) is 0 Å². The second-order valence-electron chi connectivity index (χ2n) is 5.09. The molecule has 126 valence electrons. The number of aliphatic carboxylic acids is 1. The van der Waals surface area contributed by atoms with E-state index in [0.29, 0.717) is 27.0 Å². The van der Waals surface area contributed by atoms with E-state index in [2.05, 4.69) is 5.32 Å². The third kappa shape index (κ3) is 5.15. The zero-order valence-corrected chi connectivity index (χ0v) is 14.3. The predicted octanol–water partition coefficient (Wildman–Crippen LogP) is 4.03. The molecule has 0 saturated carbocycles. The molecule has 0 heterocycles. The molecule has 24 heavy (non-hydrogen) atoms. The number of amides is 1. The highest BCUT2D eigenvalue weighted by Crippen LogP contribution is 2.28. The van der Waals surface area contributed by atoms with Gasteiger partial charge >= 0.3 is 5.97 Å². The molecule has 5 nitrogen and oxygen atoms in total. The summed E-state index contributed by atoms with van der Waals surface area (Å²) in [5, 5.41) is 12.2. The topological polar surface area (TPSA) is 75.6 Å². The van der Waals surface area contributed by atoms with Crippen LogP contribution in [0.4, 0.5) is 5.69 Å². The Balaban J connectivity index is 1.97. The van der Waals surface area contributed by atoms with Crippen molar-refractivity contribution in [3.63, 3.8) is 0 Å². The minimum Gasteiger partial charge on any atom is -0.481 e. The molecule has 0 unspecified atom stereocenters. The Morgan fingerprint density at radius 3 is 2.42 bits per heavy atom. The number of hydrogen-bond donors (Lipinski definition) is 2. The van der Waals surface area contributed by atoms with E-state index in [1.54, 1.807) is 43.3 Å². The molecule has 0 bridgehead atoms. The zero-order chi connectivity index (χ0) is 17.7. The zero-order valence-electron chi connectivity index (χ0n) is 12.8. The minimum atomic E-state index is -0.909. The predicted molar refractivity (Wildman–Crippen MR) is 93.0 cm³/mol. The van der Waals surface area contributed by atoms with Crippen molar-refractivity contribution in [1.82, 2.24) is 0 Å². The van der Waals surface area contributed by atoms with E-state index in [1.807, 2.05) is 0 Å². The van der Waals surface area contributed by atoms with E-state index >= 15 is 0 Å². The lowest BCUT2D eigenvalue weighted by atomic mass is 10.1. The Kier molecular flexibility index (Phi) is 6.06. The molecule has 0 saturated heterocycles. The normalized spacial score (nSPS) is 11.6.